The summed E-state index contributed by atoms with van der Waals surface area (Å²) in [5.74, 6) is 2.65. The Morgan fingerprint density at radius 2 is 0.466 bits per heavy atom. The van der Waals surface area contributed by atoms with Gasteiger partial charge in [-0.1, -0.05) is 194 Å². The van der Waals surface area contributed by atoms with Crippen LogP contribution < -0.4 is 0 Å². The van der Waals surface area contributed by atoms with Gasteiger partial charge in [0.15, 0.2) is 23.3 Å². The lowest BCUT2D eigenvalue weighted by atomic mass is 9.97. The first kappa shape index (κ1) is 34.6. The molecule has 0 radical (unpaired) electrons. The van der Waals surface area contributed by atoms with Crippen LogP contribution in [0.2, 0.25) is 0 Å². The molecule has 0 aliphatic carbocycles. The summed E-state index contributed by atoms with van der Waals surface area (Å²) in [5.41, 5.74) is 12.3. The molecule has 8 aromatic carbocycles. The summed E-state index contributed by atoms with van der Waals surface area (Å²) in [6.07, 6.45) is 0. The highest BCUT2D eigenvalue weighted by molar-refractivity contribution is 5.91. The van der Waals surface area contributed by atoms with Crippen molar-refractivity contribution in [1.29, 1.82) is 0 Å². The number of fused-ring (bicyclic) bond motifs is 1. The lowest BCUT2D eigenvalue weighted by molar-refractivity contribution is 1.07. The van der Waals surface area contributed by atoms with E-state index in [9.17, 15) is 0 Å². The van der Waals surface area contributed by atoms with E-state index in [4.69, 9.17) is 24.9 Å². The molecule has 2 heterocycles. The fourth-order valence-electron chi connectivity index (χ4n) is 7.26. The Kier molecular flexibility index (Phi) is 9.14. The molecule has 0 bridgehead atoms. The molecule has 5 heteroatoms. The maximum absolute atomic E-state index is 5.01. The number of hydrogen-bond acceptors (Lipinski definition) is 5. The van der Waals surface area contributed by atoms with Crippen LogP contribution in [-0.4, -0.2) is 24.9 Å². The fourth-order valence-corrected chi connectivity index (χ4v) is 7.26. The van der Waals surface area contributed by atoms with Crippen LogP contribution in [0.1, 0.15) is 0 Å². The van der Waals surface area contributed by atoms with Gasteiger partial charge in [-0.3, -0.25) is 0 Å². The van der Waals surface area contributed by atoms with Crippen molar-refractivity contribution in [3.63, 3.8) is 0 Å². The SMILES string of the molecule is c1ccc(-c2cc(-c3ccccc3)nc(-c3ccc(-c4ccc5cc(-c6ccc(-c7nc(-c8ccccc8)nc(-c8ccccc8)n7)cc6)ccc5c4)cc3)n2)cc1. The summed E-state index contributed by atoms with van der Waals surface area (Å²) in [5, 5.41) is 2.36. The van der Waals surface area contributed by atoms with E-state index in [0.29, 0.717) is 23.3 Å². The summed E-state index contributed by atoms with van der Waals surface area (Å²) in [7, 11) is 0. The normalized spacial score (nSPS) is 11.1. The second-order valence-corrected chi connectivity index (χ2v) is 14.2. The molecule has 0 N–H and O–H groups in total. The second kappa shape index (κ2) is 15.3. The van der Waals surface area contributed by atoms with E-state index in [1.165, 1.54) is 10.8 Å². The Balaban J connectivity index is 0.914. The molecule has 0 aliphatic rings. The highest BCUT2D eigenvalue weighted by atomic mass is 15.0. The zero-order chi connectivity index (χ0) is 38.7. The van der Waals surface area contributed by atoms with Crippen LogP contribution in [0, 0.1) is 0 Å². The maximum Gasteiger partial charge on any atom is 0.164 e. The predicted molar refractivity (Wildman–Crippen MR) is 236 cm³/mol. The number of aromatic nitrogens is 5. The van der Waals surface area contributed by atoms with Gasteiger partial charge < -0.3 is 0 Å². The van der Waals surface area contributed by atoms with Crippen LogP contribution in [0.4, 0.5) is 0 Å². The molecule has 0 spiro atoms. The predicted octanol–water partition coefficient (Wildman–Crippen LogP) is 13.2. The van der Waals surface area contributed by atoms with E-state index < -0.39 is 0 Å². The van der Waals surface area contributed by atoms with E-state index in [-0.39, 0.29) is 0 Å². The Morgan fingerprint density at radius 3 is 0.828 bits per heavy atom. The third-order valence-electron chi connectivity index (χ3n) is 10.4. The molecule has 0 saturated carbocycles. The number of hydrogen-bond donors (Lipinski definition) is 0. The highest BCUT2D eigenvalue weighted by Crippen LogP contribution is 2.33. The highest BCUT2D eigenvalue weighted by Gasteiger charge is 2.14. The first-order valence-electron chi connectivity index (χ1n) is 19.3. The summed E-state index contributed by atoms with van der Waals surface area (Å²) >= 11 is 0. The number of rotatable bonds is 8. The van der Waals surface area contributed by atoms with Crippen molar-refractivity contribution < 1.29 is 0 Å². The van der Waals surface area contributed by atoms with Gasteiger partial charge in [0, 0.05) is 33.4 Å². The van der Waals surface area contributed by atoms with Crippen molar-refractivity contribution in [1.82, 2.24) is 24.9 Å². The minimum atomic E-state index is 0.642. The Labute approximate surface area is 337 Å². The van der Waals surface area contributed by atoms with Crippen molar-refractivity contribution in [2.45, 2.75) is 0 Å². The molecule has 0 aliphatic heterocycles. The molecule has 5 nitrogen and oxygen atoms in total. The smallest absolute Gasteiger partial charge is 0.164 e. The van der Waals surface area contributed by atoms with Crippen LogP contribution >= 0.6 is 0 Å². The lowest BCUT2D eigenvalue weighted by Crippen LogP contribution is -2.00. The molecule has 10 rings (SSSR count). The van der Waals surface area contributed by atoms with Crippen LogP contribution in [0.15, 0.2) is 212 Å². The van der Waals surface area contributed by atoms with E-state index in [1.54, 1.807) is 0 Å². The van der Waals surface area contributed by atoms with Gasteiger partial charge in [-0.05, 0) is 51.2 Å². The van der Waals surface area contributed by atoms with E-state index in [2.05, 4.69) is 115 Å². The van der Waals surface area contributed by atoms with Gasteiger partial charge >= 0.3 is 0 Å². The zero-order valence-electron chi connectivity index (χ0n) is 31.4. The number of nitrogens with zero attached hydrogens (tertiary/aromatic N) is 5. The third-order valence-corrected chi connectivity index (χ3v) is 10.4. The van der Waals surface area contributed by atoms with Gasteiger partial charge in [-0.2, -0.15) is 0 Å². The maximum atomic E-state index is 5.01. The summed E-state index contributed by atoms with van der Waals surface area (Å²) in [4.78, 5) is 24.6. The van der Waals surface area contributed by atoms with Crippen molar-refractivity contribution >= 4 is 10.8 Å². The van der Waals surface area contributed by atoms with Gasteiger partial charge in [0.2, 0.25) is 0 Å². The monoisotopic (exact) mass is 741 g/mol. The second-order valence-electron chi connectivity index (χ2n) is 14.2. The van der Waals surface area contributed by atoms with Crippen LogP contribution in [0.3, 0.4) is 0 Å². The minimum Gasteiger partial charge on any atom is -0.228 e. The number of benzene rings is 8. The van der Waals surface area contributed by atoms with Gasteiger partial charge in [-0.25, -0.2) is 24.9 Å². The molecule has 2 aromatic heterocycles. The quantitative estimate of drug-likeness (QED) is 0.155. The molecule has 0 unspecified atom stereocenters. The Morgan fingerprint density at radius 1 is 0.190 bits per heavy atom. The molecular formula is C53H35N5. The first-order chi connectivity index (χ1) is 28.7. The first-order valence-corrected chi connectivity index (χ1v) is 19.3. The molecule has 0 fully saturated rings. The molecular weight excluding hydrogens is 707 g/mol. The van der Waals surface area contributed by atoms with Crippen LogP contribution in [0.5, 0.6) is 0 Å². The van der Waals surface area contributed by atoms with Crippen LogP contribution in [-0.2, 0) is 0 Å². The average molecular weight is 742 g/mol. The van der Waals surface area contributed by atoms with Gasteiger partial charge in [-0.15, -0.1) is 0 Å². The summed E-state index contributed by atoms with van der Waals surface area (Å²) < 4.78 is 0. The molecule has 0 amide bonds. The third kappa shape index (κ3) is 7.16. The van der Waals surface area contributed by atoms with E-state index >= 15 is 0 Å². The van der Waals surface area contributed by atoms with Crippen molar-refractivity contribution in [2.75, 3.05) is 0 Å². The standard InChI is InChI=1S/C53H35N5/c1-5-13-38(14-6-1)48-35-49(39-15-7-2-8-16-39)55-50(54-48)42-25-21-36(22-26-42)44-29-31-47-34-45(30-32-46(47)33-44)37-23-27-43(28-24-37)53-57-51(40-17-9-3-10-18-40)56-52(58-53)41-19-11-4-12-20-41/h1-35H. The molecule has 58 heavy (non-hydrogen) atoms. The molecule has 272 valence electrons. The minimum absolute atomic E-state index is 0.642. The van der Waals surface area contributed by atoms with Crippen LogP contribution in [0.25, 0.3) is 101 Å². The molecule has 0 saturated heterocycles. The van der Waals surface area contributed by atoms with E-state index in [1.807, 2.05) is 97.1 Å². The van der Waals surface area contributed by atoms with Gasteiger partial charge in [0.1, 0.15) is 0 Å². The van der Waals surface area contributed by atoms with Crippen molar-refractivity contribution in [2.24, 2.45) is 0 Å². The topological polar surface area (TPSA) is 64.5 Å². The molecule has 0 atom stereocenters. The van der Waals surface area contributed by atoms with E-state index in [0.717, 1.165) is 67.0 Å². The van der Waals surface area contributed by atoms with Gasteiger partial charge in [0.25, 0.3) is 0 Å². The van der Waals surface area contributed by atoms with Crippen molar-refractivity contribution in [3.05, 3.63) is 212 Å². The lowest BCUT2D eigenvalue weighted by Gasteiger charge is -2.11. The largest absolute Gasteiger partial charge is 0.228 e. The average Bonchev–Trinajstić information content (AvgIpc) is 3.32. The Bertz CT molecular complexity index is 2680. The Hall–Kier alpha value is -7.89. The zero-order valence-corrected chi connectivity index (χ0v) is 31.4. The fraction of sp³-hybridized carbons (Fsp3) is 0. The van der Waals surface area contributed by atoms with Gasteiger partial charge in [0.05, 0.1) is 11.4 Å². The summed E-state index contributed by atoms with van der Waals surface area (Å²) in [6.45, 7) is 0. The van der Waals surface area contributed by atoms with Crippen molar-refractivity contribution in [3.8, 4) is 90.3 Å². The molecule has 10 aromatic rings. The summed E-state index contributed by atoms with van der Waals surface area (Å²) in [6, 6.07) is 73.1.